The predicted molar refractivity (Wildman–Crippen MR) is 89.8 cm³/mol. The van der Waals surface area contributed by atoms with Crippen LogP contribution in [0.25, 0.3) is 10.8 Å². The molecule has 2 aromatic carbocycles. The molecule has 0 saturated heterocycles. The summed E-state index contributed by atoms with van der Waals surface area (Å²) >= 11 is 0. The van der Waals surface area contributed by atoms with Crippen molar-refractivity contribution < 1.29 is 13.2 Å². The van der Waals surface area contributed by atoms with Gasteiger partial charge in [-0.1, -0.05) is 37.6 Å². The maximum atomic E-state index is 12.8. The van der Waals surface area contributed by atoms with Crippen LogP contribution in [0.3, 0.4) is 0 Å². The van der Waals surface area contributed by atoms with Crippen molar-refractivity contribution in [3.8, 4) is 5.75 Å². The van der Waals surface area contributed by atoms with E-state index in [4.69, 9.17) is 4.74 Å². The van der Waals surface area contributed by atoms with Crippen LogP contribution in [0.1, 0.15) is 26.7 Å². The molecule has 0 aliphatic heterocycles. The number of ether oxygens (including phenoxy) is 1. The van der Waals surface area contributed by atoms with Gasteiger partial charge in [-0.25, -0.2) is 12.7 Å². The van der Waals surface area contributed by atoms with Crippen molar-refractivity contribution in [2.24, 2.45) is 0 Å². The van der Waals surface area contributed by atoms with E-state index in [2.05, 4.69) is 0 Å². The van der Waals surface area contributed by atoms with Crippen molar-refractivity contribution in [3.05, 3.63) is 36.4 Å². The molecule has 0 aromatic heterocycles. The van der Waals surface area contributed by atoms with Gasteiger partial charge in [0.05, 0.1) is 11.5 Å². The highest BCUT2D eigenvalue weighted by molar-refractivity contribution is 7.89. The largest absolute Gasteiger partial charge is 0.493 e. The Morgan fingerprint density at radius 2 is 1.73 bits per heavy atom. The van der Waals surface area contributed by atoms with E-state index in [9.17, 15) is 8.42 Å². The summed E-state index contributed by atoms with van der Waals surface area (Å²) in [6.07, 6.45) is 1.81. The maximum Gasteiger partial charge on any atom is 0.243 e. The van der Waals surface area contributed by atoms with Crippen LogP contribution in [-0.4, -0.2) is 32.9 Å². The first-order valence-electron chi connectivity index (χ1n) is 7.63. The summed E-state index contributed by atoms with van der Waals surface area (Å²) in [5, 5.41) is 1.53. The fourth-order valence-electron chi connectivity index (χ4n) is 2.42. The van der Waals surface area contributed by atoms with Gasteiger partial charge in [0.1, 0.15) is 5.75 Å². The first-order valence-corrected chi connectivity index (χ1v) is 9.07. The minimum atomic E-state index is -3.49. The molecule has 0 atom stereocenters. The number of hydrogen-bond acceptors (Lipinski definition) is 3. The Kier molecular flexibility index (Phi) is 5.42. The molecule has 0 amide bonds. The van der Waals surface area contributed by atoms with E-state index in [1.165, 1.54) is 4.31 Å². The van der Waals surface area contributed by atoms with Crippen molar-refractivity contribution in [2.75, 3.05) is 20.2 Å². The van der Waals surface area contributed by atoms with Gasteiger partial charge in [0.25, 0.3) is 0 Å². The van der Waals surface area contributed by atoms with Gasteiger partial charge in [-0.3, -0.25) is 0 Å². The van der Waals surface area contributed by atoms with Gasteiger partial charge in [0, 0.05) is 24.4 Å². The number of rotatable bonds is 7. The maximum absolute atomic E-state index is 12.8. The van der Waals surface area contributed by atoms with Crippen molar-refractivity contribution in [1.82, 2.24) is 4.31 Å². The highest BCUT2D eigenvalue weighted by Crippen LogP contribution is 2.32. The van der Waals surface area contributed by atoms with Crippen molar-refractivity contribution in [2.45, 2.75) is 31.6 Å². The molecule has 0 bridgehead atoms. The third-order valence-electron chi connectivity index (χ3n) is 3.66. The molecular weight excluding hydrogens is 298 g/mol. The number of unbranched alkanes of at least 4 members (excludes halogenated alkanes) is 1. The van der Waals surface area contributed by atoms with Crippen LogP contribution in [0.5, 0.6) is 5.75 Å². The monoisotopic (exact) mass is 321 g/mol. The van der Waals surface area contributed by atoms with Gasteiger partial charge >= 0.3 is 0 Å². The highest BCUT2D eigenvalue weighted by Gasteiger charge is 2.23. The summed E-state index contributed by atoms with van der Waals surface area (Å²) in [5.74, 6) is 0.716. The smallest absolute Gasteiger partial charge is 0.243 e. The zero-order chi connectivity index (χ0) is 16.2. The third-order valence-corrected chi connectivity index (χ3v) is 5.57. The van der Waals surface area contributed by atoms with Gasteiger partial charge in [-0.15, -0.1) is 0 Å². The fourth-order valence-corrected chi connectivity index (χ4v) is 3.82. The second kappa shape index (κ2) is 7.11. The number of fused-ring (bicyclic) bond motifs is 1. The van der Waals surface area contributed by atoms with Crippen LogP contribution in [0.15, 0.2) is 41.3 Å². The van der Waals surface area contributed by atoms with Crippen LogP contribution in [-0.2, 0) is 10.0 Å². The number of sulfonamides is 1. The number of hydrogen-bond donors (Lipinski definition) is 0. The molecule has 0 aliphatic rings. The average Bonchev–Trinajstić information content (AvgIpc) is 2.52. The first-order chi connectivity index (χ1) is 10.5. The first kappa shape index (κ1) is 16.8. The van der Waals surface area contributed by atoms with Crippen molar-refractivity contribution >= 4 is 20.8 Å². The lowest BCUT2D eigenvalue weighted by atomic mass is 10.1. The van der Waals surface area contributed by atoms with Crippen LogP contribution < -0.4 is 4.74 Å². The Hall–Kier alpha value is -1.59. The molecule has 0 aliphatic carbocycles. The molecule has 0 saturated carbocycles. The average molecular weight is 321 g/mol. The second-order valence-corrected chi connectivity index (χ2v) is 7.23. The lowest BCUT2D eigenvalue weighted by Crippen LogP contribution is -2.28. The minimum absolute atomic E-state index is 0.338. The van der Waals surface area contributed by atoms with E-state index < -0.39 is 10.0 Å². The van der Waals surface area contributed by atoms with E-state index >= 15 is 0 Å². The Morgan fingerprint density at radius 3 is 2.36 bits per heavy atom. The predicted octanol–water partition coefficient (Wildman–Crippen LogP) is 3.66. The summed E-state index contributed by atoms with van der Waals surface area (Å²) < 4.78 is 32.6. The van der Waals surface area contributed by atoms with Gasteiger partial charge in [-0.05, 0) is 25.5 Å². The standard InChI is InChI=1S/C17H23NO3S/c1-4-6-13-18(3)22(19,20)17-12-11-16(21-5-2)14-9-7-8-10-15(14)17/h7-12H,4-6,13H2,1-3H3. The molecule has 2 rings (SSSR count). The molecule has 120 valence electrons. The molecule has 0 radical (unpaired) electrons. The molecule has 5 heteroatoms. The van der Waals surface area contributed by atoms with E-state index in [-0.39, 0.29) is 0 Å². The summed E-state index contributed by atoms with van der Waals surface area (Å²) in [6, 6.07) is 10.9. The summed E-state index contributed by atoms with van der Waals surface area (Å²) in [6.45, 7) is 5.04. The summed E-state index contributed by atoms with van der Waals surface area (Å²) in [4.78, 5) is 0.338. The van der Waals surface area contributed by atoms with Crippen LogP contribution >= 0.6 is 0 Å². The van der Waals surface area contributed by atoms with Crippen molar-refractivity contribution in [3.63, 3.8) is 0 Å². The quantitative estimate of drug-likeness (QED) is 0.782. The molecule has 2 aromatic rings. The normalized spacial score (nSPS) is 12.0. The zero-order valence-corrected chi connectivity index (χ0v) is 14.2. The molecule has 4 nitrogen and oxygen atoms in total. The van der Waals surface area contributed by atoms with Gasteiger partial charge in [0.2, 0.25) is 10.0 Å². The lowest BCUT2D eigenvalue weighted by molar-refractivity contribution is 0.344. The molecular formula is C17H23NO3S. The molecule has 0 fully saturated rings. The molecule has 0 N–H and O–H groups in total. The summed E-state index contributed by atoms with van der Waals surface area (Å²) in [7, 11) is -1.86. The number of benzene rings is 2. The Morgan fingerprint density at radius 1 is 1.05 bits per heavy atom. The molecule has 0 heterocycles. The SMILES string of the molecule is CCCCN(C)S(=O)(=O)c1ccc(OCC)c2ccccc12. The van der Waals surface area contributed by atoms with Crippen molar-refractivity contribution in [1.29, 1.82) is 0 Å². The van der Waals surface area contributed by atoms with Gasteiger partial charge in [0.15, 0.2) is 0 Å². The van der Waals surface area contributed by atoms with Gasteiger partial charge < -0.3 is 4.74 Å². The van der Waals surface area contributed by atoms with E-state index in [1.807, 2.05) is 38.1 Å². The third kappa shape index (κ3) is 3.25. The lowest BCUT2D eigenvalue weighted by Gasteiger charge is -2.19. The Bertz CT molecular complexity index is 741. The molecule has 0 spiro atoms. The van der Waals surface area contributed by atoms with E-state index in [1.54, 1.807) is 19.2 Å². The topological polar surface area (TPSA) is 46.6 Å². The minimum Gasteiger partial charge on any atom is -0.493 e. The van der Waals surface area contributed by atoms with Gasteiger partial charge in [-0.2, -0.15) is 0 Å². The molecule has 22 heavy (non-hydrogen) atoms. The van der Waals surface area contributed by atoms with Crippen LogP contribution in [0, 0.1) is 0 Å². The highest BCUT2D eigenvalue weighted by atomic mass is 32.2. The number of nitrogens with zero attached hydrogens (tertiary/aromatic N) is 1. The van der Waals surface area contributed by atoms with Crippen LogP contribution in [0.4, 0.5) is 0 Å². The van der Waals surface area contributed by atoms with Crippen LogP contribution in [0.2, 0.25) is 0 Å². The van der Waals surface area contributed by atoms with E-state index in [0.717, 1.165) is 18.2 Å². The second-order valence-electron chi connectivity index (χ2n) is 5.22. The Labute approximate surface area is 132 Å². The zero-order valence-electron chi connectivity index (χ0n) is 13.4. The fraction of sp³-hybridized carbons (Fsp3) is 0.412. The molecule has 0 unspecified atom stereocenters. The van der Waals surface area contributed by atoms with E-state index in [0.29, 0.717) is 29.2 Å². The summed E-state index contributed by atoms with van der Waals surface area (Å²) in [5.41, 5.74) is 0. The Balaban J connectivity index is 2.54.